The molecule has 1 fully saturated rings. The Kier molecular flexibility index (Phi) is 2.54. The van der Waals surface area contributed by atoms with Gasteiger partial charge in [-0.15, -0.1) is 0 Å². The summed E-state index contributed by atoms with van der Waals surface area (Å²) in [6, 6.07) is 0. The molecule has 0 saturated heterocycles. The third kappa shape index (κ3) is 2.23. The minimum atomic E-state index is -1.16. The van der Waals surface area contributed by atoms with Crippen molar-refractivity contribution in [1.82, 2.24) is 0 Å². The van der Waals surface area contributed by atoms with Crippen molar-refractivity contribution in [2.75, 3.05) is 27.7 Å². The average Bonchev–Trinajstić information content (AvgIpc) is 2.57. The van der Waals surface area contributed by atoms with Crippen LogP contribution < -0.4 is 10.8 Å². The van der Waals surface area contributed by atoms with Gasteiger partial charge in [0.1, 0.15) is 0 Å². The van der Waals surface area contributed by atoms with Gasteiger partial charge < -0.3 is 20.1 Å². The molecule has 0 aromatic heterocycles. The third-order valence-electron chi connectivity index (χ3n) is 2.53. The molecule has 1 rings (SSSR count). The van der Waals surface area contributed by atoms with E-state index in [9.17, 15) is 14.7 Å². The predicted molar refractivity (Wildman–Crippen MR) is 47.6 cm³/mol. The summed E-state index contributed by atoms with van der Waals surface area (Å²) in [6.45, 7) is 0.631. The molecular formula is C9H16N2O3. The van der Waals surface area contributed by atoms with E-state index < -0.39 is 23.7 Å². The molecule has 1 aliphatic rings. The number of nitrogens with two attached hydrogens (primary N) is 1. The zero-order chi connectivity index (χ0) is 11.1. The maximum Gasteiger partial charge on any atom is 0.221 e. The van der Waals surface area contributed by atoms with Gasteiger partial charge in [0.25, 0.3) is 0 Å². The van der Waals surface area contributed by atoms with Gasteiger partial charge in [-0.25, -0.2) is 0 Å². The molecule has 2 N–H and O–H groups in total. The molecule has 1 amide bonds. The van der Waals surface area contributed by atoms with Crippen LogP contribution in [0.25, 0.3) is 0 Å². The van der Waals surface area contributed by atoms with Gasteiger partial charge >= 0.3 is 0 Å². The molecule has 0 heterocycles. The Balaban J connectivity index is 2.64. The number of rotatable bonds is 4. The Bertz CT molecular complexity index is 250. The Labute approximate surface area is 83.1 Å². The van der Waals surface area contributed by atoms with E-state index in [1.807, 2.05) is 21.1 Å². The first-order valence-corrected chi connectivity index (χ1v) is 4.54. The molecule has 1 saturated carbocycles. The van der Waals surface area contributed by atoms with Crippen molar-refractivity contribution in [2.45, 2.75) is 0 Å². The van der Waals surface area contributed by atoms with E-state index >= 15 is 0 Å². The number of carboxylic acids is 1. The summed E-state index contributed by atoms with van der Waals surface area (Å²) in [4.78, 5) is 21.5. The second-order valence-corrected chi connectivity index (χ2v) is 4.91. The SMILES string of the molecule is C[N+](C)(C)C[C@@H]1[C@@H](C(=O)[O-])[C@H]1C(N)=O. The molecule has 14 heavy (non-hydrogen) atoms. The van der Waals surface area contributed by atoms with Crippen LogP contribution in [0, 0.1) is 17.8 Å². The molecule has 80 valence electrons. The maximum atomic E-state index is 10.9. The molecule has 0 bridgehead atoms. The van der Waals surface area contributed by atoms with Crippen molar-refractivity contribution < 1.29 is 19.2 Å². The van der Waals surface area contributed by atoms with E-state index in [2.05, 4.69) is 0 Å². The Morgan fingerprint density at radius 1 is 1.29 bits per heavy atom. The summed E-state index contributed by atoms with van der Waals surface area (Å²) in [6.07, 6.45) is 0. The monoisotopic (exact) mass is 200 g/mol. The molecule has 0 unspecified atom stereocenters. The van der Waals surface area contributed by atoms with Crippen molar-refractivity contribution in [3.05, 3.63) is 0 Å². The first-order chi connectivity index (χ1) is 6.24. The first kappa shape index (κ1) is 11.0. The van der Waals surface area contributed by atoms with Crippen LogP contribution in [0.15, 0.2) is 0 Å². The number of carboxylic acid groups (broad SMARTS) is 1. The minimum absolute atomic E-state index is 0.155. The van der Waals surface area contributed by atoms with Crippen molar-refractivity contribution >= 4 is 11.9 Å². The number of amides is 1. The summed E-state index contributed by atoms with van der Waals surface area (Å²) in [7, 11) is 5.84. The van der Waals surface area contributed by atoms with Crippen LogP contribution in [-0.2, 0) is 9.59 Å². The number of carbonyl (C=O) groups is 2. The van der Waals surface area contributed by atoms with Crippen LogP contribution in [-0.4, -0.2) is 44.0 Å². The van der Waals surface area contributed by atoms with Gasteiger partial charge in [0, 0.05) is 17.8 Å². The maximum absolute atomic E-state index is 10.9. The standard InChI is InChI=1S/C9H16N2O3/c1-11(2,3)4-5-6(8(10)12)7(5)9(13)14/h5-7H,4H2,1-3H3,(H2-,10,12,13,14)/t5-,6-,7+/m0/s1. The van der Waals surface area contributed by atoms with E-state index in [-0.39, 0.29) is 5.92 Å². The smallest absolute Gasteiger partial charge is 0.221 e. The predicted octanol–water partition coefficient (Wildman–Crippen LogP) is -2.21. The van der Waals surface area contributed by atoms with Gasteiger partial charge in [0.05, 0.1) is 33.6 Å². The summed E-state index contributed by atoms with van der Waals surface area (Å²) in [5.74, 6) is -3.05. The Morgan fingerprint density at radius 3 is 2.00 bits per heavy atom. The zero-order valence-electron chi connectivity index (χ0n) is 8.69. The van der Waals surface area contributed by atoms with Gasteiger partial charge in [0.15, 0.2) is 0 Å². The number of hydrogen-bond acceptors (Lipinski definition) is 3. The lowest BCUT2D eigenvalue weighted by Gasteiger charge is -2.24. The molecule has 5 nitrogen and oxygen atoms in total. The molecule has 0 aromatic carbocycles. The number of quaternary nitrogens is 1. The molecule has 0 aromatic rings. The van der Waals surface area contributed by atoms with Crippen molar-refractivity contribution in [3.63, 3.8) is 0 Å². The van der Waals surface area contributed by atoms with Gasteiger partial charge in [-0.2, -0.15) is 0 Å². The molecule has 0 spiro atoms. The summed E-state index contributed by atoms with van der Waals surface area (Å²) in [5, 5.41) is 10.6. The topological polar surface area (TPSA) is 83.2 Å². The van der Waals surface area contributed by atoms with E-state index in [1.54, 1.807) is 0 Å². The van der Waals surface area contributed by atoms with E-state index in [0.29, 0.717) is 11.0 Å². The van der Waals surface area contributed by atoms with Crippen molar-refractivity contribution in [2.24, 2.45) is 23.5 Å². The van der Waals surface area contributed by atoms with E-state index in [1.165, 1.54) is 0 Å². The number of aliphatic carboxylic acids is 1. The number of primary amides is 1. The van der Waals surface area contributed by atoms with E-state index in [0.717, 1.165) is 0 Å². The third-order valence-corrected chi connectivity index (χ3v) is 2.53. The lowest BCUT2D eigenvalue weighted by Crippen LogP contribution is -2.38. The molecule has 1 aliphatic carbocycles. The fourth-order valence-electron chi connectivity index (χ4n) is 1.94. The van der Waals surface area contributed by atoms with Gasteiger partial charge in [-0.05, 0) is 0 Å². The molecule has 5 heteroatoms. The van der Waals surface area contributed by atoms with Crippen molar-refractivity contribution in [3.8, 4) is 0 Å². The fraction of sp³-hybridized carbons (Fsp3) is 0.778. The summed E-state index contributed by atoms with van der Waals surface area (Å²) < 4.78 is 0.623. The highest BCUT2D eigenvalue weighted by Gasteiger charge is 2.56. The van der Waals surface area contributed by atoms with Crippen LogP contribution in [0.5, 0.6) is 0 Å². The second kappa shape index (κ2) is 3.24. The summed E-state index contributed by atoms with van der Waals surface area (Å²) in [5.41, 5.74) is 5.10. The summed E-state index contributed by atoms with van der Waals surface area (Å²) >= 11 is 0. The number of nitrogens with zero attached hydrogens (tertiary/aromatic N) is 1. The van der Waals surface area contributed by atoms with Gasteiger partial charge in [0.2, 0.25) is 5.91 Å². The largest absolute Gasteiger partial charge is 0.550 e. The highest BCUT2D eigenvalue weighted by atomic mass is 16.4. The van der Waals surface area contributed by atoms with E-state index in [4.69, 9.17) is 5.73 Å². The van der Waals surface area contributed by atoms with Crippen molar-refractivity contribution in [1.29, 1.82) is 0 Å². The van der Waals surface area contributed by atoms with Crippen LogP contribution in [0.4, 0.5) is 0 Å². The van der Waals surface area contributed by atoms with Gasteiger partial charge in [-0.1, -0.05) is 0 Å². The lowest BCUT2D eigenvalue weighted by atomic mass is 10.3. The van der Waals surface area contributed by atoms with Crippen LogP contribution >= 0.6 is 0 Å². The second-order valence-electron chi connectivity index (χ2n) is 4.91. The lowest BCUT2D eigenvalue weighted by molar-refractivity contribution is -0.872. The molecule has 0 radical (unpaired) electrons. The average molecular weight is 200 g/mol. The fourth-order valence-corrected chi connectivity index (χ4v) is 1.94. The highest BCUT2D eigenvalue weighted by Crippen LogP contribution is 2.46. The molecule has 0 aliphatic heterocycles. The Morgan fingerprint density at radius 2 is 1.79 bits per heavy atom. The quantitative estimate of drug-likeness (QED) is 0.522. The first-order valence-electron chi connectivity index (χ1n) is 4.54. The van der Waals surface area contributed by atoms with Gasteiger partial charge in [-0.3, -0.25) is 4.79 Å². The highest BCUT2D eigenvalue weighted by molar-refractivity contribution is 5.88. The minimum Gasteiger partial charge on any atom is -0.550 e. The number of carbonyl (C=O) groups excluding carboxylic acids is 2. The Hall–Kier alpha value is -1.10. The van der Waals surface area contributed by atoms with Crippen LogP contribution in [0.3, 0.4) is 0 Å². The number of hydrogen-bond donors (Lipinski definition) is 1. The molecular weight excluding hydrogens is 184 g/mol. The zero-order valence-corrected chi connectivity index (χ0v) is 8.69. The van der Waals surface area contributed by atoms with Crippen LogP contribution in [0.2, 0.25) is 0 Å². The molecule has 3 atom stereocenters. The van der Waals surface area contributed by atoms with Crippen LogP contribution in [0.1, 0.15) is 0 Å². The normalized spacial score (nSPS) is 31.2.